The number of nitrogens with zero attached hydrogens (tertiary/aromatic N) is 3. The van der Waals surface area contributed by atoms with Crippen LogP contribution < -0.4 is 5.32 Å². The van der Waals surface area contributed by atoms with Crippen molar-refractivity contribution in [2.45, 2.75) is 13.5 Å². The van der Waals surface area contributed by atoms with E-state index in [2.05, 4.69) is 39.2 Å². The second-order valence-electron chi connectivity index (χ2n) is 6.20. The van der Waals surface area contributed by atoms with E-state index in [1.165, 1.54) is 5.56 Å². The molecule has 0 spiro atoms. The van der Waals surface area contributed by atoms with Crippen LogP contribution in [0.3, 0.4) is 0 Å². The summed E-state index contributed by atoms with van der Waals surface area (Å²) in [5.74, 6) is 0.986. The first kappa shape index (κ1) is 14.5. The number of nitrogens with one attached hydrogen (secondary N) is 1. The fourth-order valence-corrected chi connectivity index (χ4v) is 3.25. The molecule has 2 aliphatic heterocycles. The molecule has 0 aromatic carbocycles. The molecule has 3 heterocycles. The van der Waals surface area contributed by atoms with Gasteiger partial charge >= 0.3 is 0 Å². The molecule has 1 aromatic heterocycles. The lowest BCUT2D eigenvalue weighted by Crippen LogP contribution is -2.50. The van der Waals surface area contributed by atoms with Crippen LogP contribution in [0.2, 0.25) is 0 Å². The van der Waals surface area contributed by atoms with E-state index in [9.17, 15) is 4.79 Å². The number of hydrogen-bond donors (Lipinski definition) is 1. The number of piperazine rings is 1. The fourth-order valence-electron chi connectivity index (χ4n) is 3.25. The van der Waals surface area contributed by atoms with E-state index in [-0.39, 0.29) is 5.92 Å². The van der Waals surface area contributed by atoms with Crippen molar-refractivity contribution in [1.29, 1.82) is 0 Å². The van der Waals surface area contributed by atoms with Gasteiger partial charge in [0.1, 0.15) is 0 Å². The molecule has 5 heteroatoms. The molecule has 114 valence electrons. The van der Waals surface area contributed by atoms with E-state index >= 15 is 0 Å². The fraction of sp³-hybridized carbons (Fsp3) is 0.625. The first-order chi connectivity index (χ1) is 10.2. The predicted molar refractivity (Wildman–Crippen MR) is 81.6 cm³/mol. The summed E-state index contributed by atoms with van der Waals surface area (Å²) in [5.41, 5.74) is 1.29. The van der Waals surface area contributed by atoms with E-state index in [0.29, 0.717) is 11.8 Å². The number of aromatic nitrogens is 1. The number of hydrogen-bond acceptors (Lipinski definition) is 4. The second-order valence-corrected chi connectivity index (χ2v) is 6.20. The highest BCUT2D eigenvalue weighted by atomic mass is 16.2. The van der Waals surface area contributed by atoms with Crippen molar-refractivity contribution in [1.82, 2.24) is 20.1 Å². The molecule has 2 saturated heterocycles. The Kier molecular flexibility index (Phi) is 4.51. The van der Waals surface area contributed by atoms with Gasteiger partial charge in [-0.1, -0.05) is 6.92 Å². The molecule has 21 heavy (non-hydrogen) atoms. The van der Waals surface area contributed by atoms with Gasteiger partial charge in [-0.05, 0) is 30.2 Å². The van der Waals surface area contributed by atoms with Crippen LogP contribution in [0.25, 0.3) is 0 Å². The van der Waals surface area contributed by atoms with Gasteiger partial charge in [0.2, 0.25) is 5.91 Å². The van der Waals surface area contributed by atoms with Gasteiger partial charge in [-0.15, -0.1) is 0 Å². The first-order valence-electron chi connectivity index (χ1n) is 7.85. The lowest BCUT2D eigenvalue weighted by atomic mass is 9.96. The maximum absolute atomic E-state index is 12.5. The largest absolute Gasteiger partial charge is 0.340 e. The van der Waals surface area contributed by atoms with Crippen molar-refractivity contribution >= 4 is 5.91 Å². The second kappa shape index (κ2) is 6.54. The average Bonchev–Trinajstić information content (AvgIpc) is 2.94. The van der Waals surface area contributed by atoms with Crippen molar-refractivity contribution in [3.8, 4) is 0 Å². The Labute approximate surface area is 126 Å². The van der Waals surface area contributed by atoms with Crippen LogP contribution in [-0.2, 0) is 11.3 Å². The van der Waals surface area contributed by atoms with E-state index < -0.39 is 0 Å². The molecule has 2 atom stereocenters. The Morgan fingerprint density at radius 1 is 1.24 bits per heavy atom. The molecule has 0 bridgehead atoms. The summed E-state index contributed by atoms with van der Waals surface area (Å²) >= 11 is 0. The van der Waals surface area contributed by atoms with Crippen molar-refractivity contribution in [2.75, 3.05) is 39.3 Å². The van der Waals surface area contributed by atoms with Gasteiger partial charge in [0, 0.05) is 51.7 Å². The Morgan fingerprint density at radius 2 is 1.95 bits per heavy atom. The van der Waals surface area contributed by atoms with Gasteiger partial charge in [-0.25, -0.2) is 0 Å². The molecule has 2 fully saturated rings. The zero-order chi connectivity index (χ0) is 14.7. The Balaban J connectivity index is 1.50. The van der Waals surface area contributed by atoms with Gasteiger partial charge in [0.25, 0.3) is 0 Å². The molecule has 5 nitrogen and oxygen atoms in total. The molecule has 2 aliphatic rings. The van der Waals surface area contributed by atoms with Gasteiger partial charge in [0.15, 0.2) is 0 Å². The molecular formula is C16H24N4O. The van der Waals surface area contributed by atoms with Crippen LogP contribution in [0.4, 0.5) is 0 Å². The number of rotatable bonds is 3. The zero-order valence-corrected chi connectivity index (χ0v) is 12.7. The quantitative estimate of drug-likeness (QED) is 0.884. The summed E-state index contributed by atoms with van der Waals surface area (Å²) in [5, 5.41) is 3.32. The summed E-state index contributed by atoms with van der Waals surface area (Å²) in [7, 11) is 0. The SMILES string of the molecule is CC1CNCC1C(=O)N1CCN(Cc2ccncc2)CC1. The number of carbonyl (C=O) groups is 1. The lowest BCUT2D eigenvalue weighted by molar-refractivity contribution is -0.137. The van der Waals surface area contributed by atoms with Gasteiger partial charge < -0.3 is 10.2 Å². The van der Waals surface area contributed by atoms with E-state index in [1.54, 1.807) is 0 Å². The smallest absolute Gasteiger partial charge is 0.227 e. The van der Waals surface area contributed by atoms with Crippen molar-refractivity contribution in [3.63, 3.8) is 0 Å². The number of amides is 1. The summed E-state index contributed by atoms with van der Waals surface area (Å²) < 4.78 is 0. The number of pyridine rings is 1. The summed E-state index contributed by atoms with van der Waals surface area (Å²) in [6, 6.07) is 4.12. The molecule has 1 aromatic rings. The van der Waals surface area contributed by atoms with E-state index in [4.69, 9.17) is 0 Å². The Bertz CT molecular complexity index is 470. The molecule has 3 rings (SSSR count). The van der Waals surface area contributed by atoms with Crippen LogP contribution in [0, 0.1) is 11.8 Å². The van der Waals surface area contributed by atoms with Crippen LogP contribution in [-0.4, -0.2) is 60.0 Å². The van der Waals surface area contributed by atoms with Crippen molar-refractivity contribution < 1.29 is 4.79 Å². The molecule has 0 saturated carbocycles. The van der Waals surface area contributed by atoms with E-state index in [0.717, 1.165) is 45.8 Å². The molecule has 2 unspecified atom stereocenters. The zero-order valence-electron chi connectivity index (χ0n) is 12.7. The topological polar surface area (TPSA) is 48.5 Å². The van der Waals surface area contributed by atoms with Gasteiger partial charge in [0.05, 0.1) is 5.92 Å². The molecular weight excluding hydrogens is 264 g/mol. The number of carbonyl (C=O) groups excluding carboxylic acids is 1. The third kappa shape index (κ3) is 3.41. The van der Waals surface area contributed by atoms with Crippen LogP contribution in [0.1, 0.15) is 12.5 Å². The highest BCUT2D eigenvalue weighted by molar-refractivity contribution is 5.79. The first-order valence-corrected chi connectivity index (χ1v) is 7.85. The monoisotopic (exact) mass is 288 g/mol. The maximum Gasteiger partial charge on any atom is 0.227 e. The highest BCUT2D eigenvalue weighted by Gasteiger charge is 2.33. The molecule has 0 radical (unpaired) electrons. The molecule has 0 aliphatic carbocycles. The summed E-state index contributed by atoms with van der Waals surface area (Å²) in [6.07, 6.45) is 3.67. The average molecular weight is 288 g/mol. The minimum absolute atomic E-state index is 0.178. The van der Waals surface area contributed by atoms with E-state index in [1.807, 2.05) is 12.4 Å². The molecule has 1 N–H and O–H groups in total. The third-order valence-electron chi connectivity index (χ3n) is 4.67. The summed E-state index contributed by atoms with van der Waals surface area (Å²) in [4.78, 5) is 21.0. The van der Waals surface area contributed by atoms with Crippen LogP contribution >= 0.6 is 0 Å². The highest BCUT2D eigenvalue weighted by Crippen LogP contribution is 2.19. The Hall–Kier alpha value is -1.46. The van der Waals surface area contributed by atoms with Crippen LogP contribution in [0.15, 0.2) is 24.5 Å². The normalized spacial score (nSPS) is 27.0. The summed E-state index contributed by atoms with van der Waals surface area (Å²) in [6.45, 7) is 8.56. The van der Waals surface area contributed by atoms with Crippen molar-refractivity contribution in [3.05, 3.63) is 30.1 Å². The third-order valence-corrected chi connectivity index (χ3v) is 4.67. The predicted octanol–water partition coefficient (Wildman–Crippen LogP) is 0.581. The van der Waals surface area contributed by atoms with Gasteiger partial charge in [-0.2, -0.15) is 0 Å². The van der Waals surface area contributed by atoms with Crippen molar-refractivity contribution in [2.24, 2.45) is 11.8 Å². The maximum atomic E-state index is 12.5. The van der Waals surface area contributed by atoms with Gasteiger partial charge in [-0.3, -0.25) is 14.7 Å². The Morgan fingerprint density at radius 3 is 2.57 bits per heavy atom. The minimum Gasteiger partial charge on any atom is -0.340 e. The molecule has 1 amide bonds. The minimum atomic E-state index is 0.178. The van der Waals surface area contributed by atoms with Crippen LogP contribution in [0.5, 0.6) is 0 Å². The standard InChI is InChI=1S/C16H24N4O/c1-13-10-18-11-15(13)16(21)20-8-6-19(7-9-20)12-14-2-4-17-5-3-14/h2-5,13,15,18H,6-12H2,1H3. The lowest BCUT2D eigenvalue weighted by Gasteiger charge is -2.36.